The highest BCUT2D eigenvalue weighted by Gasteiger charge is 2.49. The van der Waals surface area contributed by atoms with E-state index in [0.717, 1.165) is 6.07 Å². The summed E-state index contributed by atoms with van der Waals surface area (Å²) in [4.78, 5) is 14.6. The Bertz CT molecular complexity index is 1090. The van der Waals surface area contributed by atoms with Gasteiger partial charge in [-0.15, -0.1) is 0 Å². The second-order valence-corrected chi connectivity index (χ2v) is 9.88. The Morgan fingerprint density at radius 3 is 2.22 bits per heavy atom. The minimum absolute atomic E-state index is 0.136. The van der Waals surface area contributed by atoms with Gasteiger partial charge in [-0.3, -0.25) is 4.79 Å². The van der Waals surface area contributed by atoms with E-state index in [1.165, 1.54) is 35.7 Å². The van der Waals surface area contributed by atoms with Crippen LogP contribution in [0.4, 0.5) is 13.2 Å². The van der Waals surface area contributed by atoms with E-state index >= 15 is 0 Å². The Morgan fingerprint density at radius 1 is 1.00 bits per heavy atom. The van der Waals surface area contributed by atoms with E-state index < -0.39 is 33.6 Å². The van der Waals surface area contributed by atoms with E-state index in [0.29, 0.717) is 12.2 Å². The second-order valence-electron chi connectivity index (χ2n) is 7.94. The van der Waals surface area contributed by atoms with Crippen molar-refractivity contribution in [1.82, 2.24) is 9.21 Å². The van der Waals surface area contributed by atoms with Crippen molar-refractivity contribution in [1.29, 1.82) is 0 Å². The predicted molar refractivity (Wildman–Crippen MR) is 111 cm³/mol. The number of methoxy groups -OCH3 is 1. The summed E-state index contributed by atoms with van der Waals surface area (Å²) in [5, 5.41) is 0. The molecule has 0 spiro atoms. The summed E-state index contributed by atoms with van der Waals surface area (Å²) in [5.41, 5.74) is -0.547. The zero-order chi connectivity index (χ0) is 23.1. The minimum Gasteiger partial charge on any atom is -0.497 e. The summed E-state index contributed by atoms with van der Waals surface area (Å²) in [6.07, 6.45) is -4.09. The van der Waals surface area contributed by atoms with Gasteiger partial charge in [-0.25, -0.2) is 8.42 Å². The van der Waals surface area contributed by atoms with Gasteiger partial charge in [0.25, 0.3) is 0 Å². The predicted octanol–water partition coefficient (Wildman–Crippen LogP) is 3.35. The molecule has 6 nitrogen and oxygen atoms in total. The van der Waals surface area contributed by atoms with Crippen molar-refractivity contribution in [3.05, 3.63) is 59.7 Å². The third-order valence-corrected chi connectivity index (χ3v) is 7.93. The minimum atomic E-state index is -4.46. The van der Waals surface area contributed by atoms with Gasteiger partial charge in [0, 0.05) is 32.1 Å². The number of alkyl halides is 3. The van der Waals surface area contributed by atoms with Gasteiger partial charge in [-0.1, -0.05) is 18.2 Å². The van der Waals surface area contributed by atoms with Gasteiger partial charge in [0.1, 0.15) is 5.75 Å². The molecule has 32 heavy (non-hydrogen) atoms. The Balaban J connectivity index is 1.39. The molecule has 0 aromatic heterocycles. The first kappa shape index (κ1) is 22.6. The lowest BCUT2D eigenvalue weighted by molar-refractivity contribution is -0.139. The number of hydrogen-bond donors (Lipinski definition) is 0. The number of rotatable bonds is 5. The van der Waals surface area contributed by atoms with Crippen LogP contribution in [0.5, 0.6) is 5.75 Å². The Kier molecular flexibility index (Phi) is 5.93. The average Bonchev–Trinajstić information content (AvgIpc) is 3.59. The van der Waals surface area contributed by atoms with Crippen LogP contribution in [0.25, 0.3) is 0 Å². The van der Waals surface area contributed by atoms with E-state index in [-0.39, 0.29) is 42.5 Å². The van der Waals surface area contributed by atoms with Crippen LogP contribution in [-0.2, 0) is 21.0 Å². The molecule has 1 aliphatic carbocycles. The molecule has 4 rings (SSSR count). The fourth-order valence-corrected chi connectivity index (χ4v) is 5.59. The molecule has 172 valence electrons. The number of carbonyl (C=O) groups excluding carboxylic acids is 1. The first-order chi connectivity index (χ1) is 15.1. The number of nitrogens with zero attached hydrogens (tertiary/aromatic N) is 2. The molecular weight excluding hydrogens is 445 g/mol. The van der Waals surface area contributed by atoms with E-state index in [9.17, 15) is 26.4 Å². The molecule has 1 saturated carbocycles. The first-order valence-electron chi connectivity index (χ1n) is 10.2. The maximum Gasteiger partial charge on any atom is 0.416 e. The normalized spacial score (nSPS) is 21.9. The number of ether oxygens (including phenoxy) is 1. The number of halogens is 3. The fourth-order valence-electron chi connectivity index (χ4n) is 4.17. The Labute approximate surface area is 184 Å². The second kappa shape index (κ2) is 8.40. The number of amides is 1. The summed E-state index contributed by atoms with van der Waals surface area (Å²) < 4.78 is 72.0. The summed E-state index contributed by atoms with van der Waals surface area (Å²) in [7, 11) is -2.21. The average molecular weight is 468 g/mol. The van der Waals surface area contributed by atoms with Crippen LogP contribution in [0, 0.1) is 5.92 Å². The largest absolute Gasteiger partial charge is 0.497 e. The van der Waals surface area contributed by atoms with Crippen LogP contribution in [0.3, 0.4) is 0 Å². The molecule has 0 radical (unpaired) electrons. The number of sulfonamides is 1. The van der Waals surface area contributed by atoms with Gasteiger partial charge in [-0.05, 0) is 48.2 Å². The zero-order valence-corrected chi connectivity index (χ0v) is 18.2. The summed E-state index contributed by atoms with van der Waals surface area (Å²) >= 11 is 0. The SMILES string of the molecule is COc1ccc(S(=O)(=O)N2CCN(C(=O)C3CC3c3ccccc3C(F)(F)F)CC2)cc1. The lowest BCUT2D eigenvalue weighted by Crippen LogP contribution is -2.51. The third-order valence-electron chi connectivity index (χ3n) is 6.02. The molecule has 2 fully saturated rings. The summed E-state index contributed by atoms with van der Waals surface area (Å²) in [5.74, 6) is -0.622. The van der Waals surface area contributed by atoms with E-state index in [1.54, 1.807) is 23.1 Å². The van der Waals surface area contributed by atoms with Gasteiger partial charge in [0.05, 0.1) is 17.6 Å². The number of hydrogen-bond acceptors (Lipinski definition) is 4. The number of piperazine rings is 1. The quantitative estimate of drug-likeness (QED) is 0.675. The topological polar surface area (TPSA) is 66.9 Å². The Hall–Kier alpha value is -2.59. The number of benzene rings is 2. The van der Waals surface area contributed by atoms with Crippen molar-refractivity contribution < 1.29 is 31.1 Å². The van der Waals surface area contributed by atoms with Crippen LogP contribution in [0.15, 0.2) is 53.4 Å². The van der Waals surface area contributed by atoms with Crippen LogP contribution < -0.4 is 4.74 Å². The third kappa shape index (κ3) is 4.33. The van der Waals surface area contributed by atoms with Crippen LogP contribution in [-0.4, -0.2) is 56.8 Å². The molecule has 2 aromatic carbocycles. The van der Waals surface area contributed by atoms with Gasteiger partial charge in [-0.2, -0.15) is 17.5 Å². The van der Waals surface area contributed by atoms with Crippen LogP contribution >= 0.6 is 0 Å². The lowest BCUT2D eigenvalue weighted by atomic mass is 10.0. The maximum atomic E-state index is 13.3. The lowest BCUT2D eigenvalue weighted by Gasteiger charge is -2.34. The van der Waals surface area contributed by atoms with Gasteiger partial charge in [0.15, 0.2) is 0 Å². The molecule has 1 amide bonds. The zero-order valence-electron chi connectivity index (χ0n) is 17.4. The smallest absolute Gasteiger partial charge is 0.416 e. The van der Waals surface area contributed by atoms with Crippen molar-refractivity contribution in [2.24, 2.45) is 5.92 Å². The standard InChI is InChI=1S/C22H23F3N2O4S/c1-31-15-6-8-16(9-7-15)32(29,30)27-12-10-26(11-13-27)21(28)19-14-18(19)17-4-2-3-5-20(17)22(23,24)25/h2-9,18-19H,10-14H2,1H3. The summed E-state index contributed by atoms with van der Waals surface area (Å²) in [6, 6.07) is 11.4. The molecule has 2 aliphatic rings. The molecule has 0 bridgehead atoms. The monoisotopic (exact) mass is 468 g/mol. The number of carbonyl (C=O) groups is 1. The molecule has 1 saturated heterocycles. The van der Waals surface area contributed by atoms with Gasteiger partial charge in [0.2, 0.25) is 15.9 Å². The van der Waals surface area contributed by atoms with Gasteiger partial charge < -0.3 is 9.64 Å². The maximum absolute atomic E-state index is 13.3. The molecule has 10 heteroatoms. The molecule has 2 unspecified atom stereocenters. The van der Waals surface area contributed by atoms with E-state index in [1.807, 2.05) is 0 Å². The molecule has 1 aliphatic heterocycles. The Morgan fingerprint density at radius 2 is 1.62 bits per heavy atom. The van der Waals surface area contributed by atoms with Crippen molar-refractivity contribution in [2.45, 2.75) is 23.4 Å². The molecular formula is C22H23F3N2O4S. The van der Waals surface area contributed by atoms with Gasteiger partial charge >= 0.3 is 6.18 Å². The van der Waals surface area contributed by atoms with E-state index in [4.69, 9.17) is 4.74 Å². The van der Waals surface area contributed by atoms with Crippen LogP contribution in [0.2, 0.25) is 0 Å². The molecule has 0 N–H and O–H groups in total. The highest BCUT2D eigenvalue weighted by atomic mass is 32.2. The van der Waals surface area contributed by atoms with Crippen molar-refractivity contribution in [2.75, 3.05) is 33.3 Å². The van der Waals surface area contributed by atoms with Crippen molar-refractivity contribution in [3.8, 4) is 5.75 Å². The molecule has 1 heterocycles. The molecule has 2 atom stereocenters. The van der Waals surface area contributed by atoms with Crippen LogP contribution in [0.1, 0.15) is 23.5 Å². The first-order valence-corrected chi connectivity index (χ1v) is 11.7. The highest BCUT2D eigenvalue weighted by molar-refractivity contribution is 7.89. The fraction of sp³-hybridized carbons (Fsp3) is 0.409. The van der Waals surface area contributed by atoms with Crippen molar-refractivity contribution >= 4 is 15.9 Å². The molecule has 2 aromatic rings. The van der Waals surface area contributed by atoms with E-state index in [2.05, 4.69) is 0 Å². The summed E-state index contributed by atoms with van der Waals surface area (Å²) in [6.45, 7) is 0.684. The highest BCUT2D eigenvalue weighted by Crippen LogP contribution is 2.51. The van der Waals surface area contributed by atoms with Crippen molar-refractivity contribution in [3.63, 3.8) is 0 Å².